The lowest BCUT2D eigenvalue weighted by Crippen LogP contribution is -2.40. The number of hydrogen-bond acceptors (Lipinski definition) is 8. The van der Waals surface area contributed by atoms with Crippen LogP contribution in [0.25, 0.3) is 6.08 Å². The van der Waals surface area contributed by atoms with Crippen molar-refractivity contribution in [2.75, 3.05) is 19.8 Å². The Kier molecular flexibility index (Phi) is 9.73. The summed E-state index contributed by atoms with van der Waals surface area (Å²) in [6.45, 7) is 13.7. The van der Waals surface area contributed by atoms with E-state index in [4.69, 9.17) is 30.5 Å². The van der Waals surface area contributed by atoms with Crippen LogP contribution in [0.3, 0.4) is 0 Å². The molecule has 2 aromatic carbocycles. The molecule has 0 bridgehead atoms. The molecule has 0 radical (unpaired) electrons. The van der Waals surface area contributed by atoms with Crippen molar-refractivity contribution < 1.29 is 23.7 Å². The molecule has 0 N–H and O–H groups in total. The molecule has 41 heavy (non-hydrogen) atoms. The van der Waals surface area contributed by atoms with Crippen molar-refractivity contribution in [3.8, 4) is 17.2 Å². The molecule has 0 unspecified atom stereocenters. The highest BCUT2D eigenvalue weighted by atomic mass is 35.5. The van der Waals surface area contributed by atoms with Crippen molar-refractivity contribution in [2.45, 2.75) is 46.8 Å². The van der Waals surface area contributed by atoms with Gasteiger partial charge in [0.1, 0.15) is 18.4 Å². The van der Waals surface area contributed by atoms with Crippen LogP contribution in [0.2, 0.25) is 5.02 Å². The molecular weight excluding hydrogens is 564 g/mol. The number of thiazole rings is 1. The van der Waals surface area contributed by atoms with E-state index in [-0.39, 0.29) is 30.5 Å². The second-order valence-electron chi connectivity index (χ2n) is 9.37. The molecule has 10 heteroatoms. The van der Waals surface area contributed by atoms with Crippen molar-refractivity contribution in [1.29, 1.82) is 0 Å². The zero-order chi connectivity index (χ0) is 29.7. The van der Waals surface area contributed by atoms with Gasteiger partial charge in [0, 0.05) is 5.56 Å². The second kappa shape index (κ2) is 13.2. The van der Waals surface area contributed by atoms with Gasteiger partial charge in [0.15, 0.2) is 16.3 Å². The molecule has 0 spiro atoms. The van der Waals surface area contributed by atoms with E-state index in [0.29, 0.717) is 55.0 Å². The summed E-state index contributed by atoms with van der Waals surface area (Å²) in [7, 11) is 0. The van der Waals surface area contributed by atoms with Crippen molar-refractivity contribution in [1.82, 2.24) is 4.57 Å². The number of aromatic nitrogens is 1. The fraction of sp³-hybridized carbons (Fsp3) is 0.323. The molecule has 8 nitrogen and oxygen atoms in total. The number of benzene rings is 2. The Balaban J connectivity index is 1.94. The van der Waals surface area contributed by atoms with Gasteiger partial charge in [0.2, 0.25) is 0 Å². The summed E-state index contributed by atoms with van der Waals surface area (Å²) in [5, 5.41) is 0.343. The van der Waals surface area contributed by atoms with E-state index in [2.05, 4.69) is 11.6 Å². The Bertz CT molecular complexity index is 1670. The summed E-state index contributed by atoms with van der Waals surface area (Å²) in [5.74, 6) is 0.903. The maximum Gasteiger partial charge on any atom is 0.338 e. The van der Waals surface area contributed by atoms with Crippen LogP contribution in [0.5, 0.6) is 17.2 Å². The highest BCUT2D eigenvalue weighted by Crippen LogP contribution is 2.38. The van der Waals surface area contributed by atoms with Crippen LogP contribution in [0.15, 0.2) is 70.1 Å². The van der Waals surface area contributed by atoms with Gasteiger partial charge in [-0.05, 0) is 64.5 Å². The number of para-hydroxylation sites is 1. The van der Waals surface area contributed by atoms with Gasteiger partial charge in [-0.15, -0.1) is 0 Å². The van der Waals surface area contributed by atoms with Gasteiger partial charge in [0.25, 0.3) is 5.56 Å². The molecule has 1 atom stereocenters. The number of esters is 1. The Morgan fingerprint density at radius 2 is 1.93 bits per heavy atom. The number of allylic oxidation sites excluding steroid dienone is 1. The van der Waals surface area contributed by atoms with E-state index in [0.717, 1.165) is 0 Å². The lowest BCUT2D eigenvalue weighted by atomic mass is 9.95. The van der Waals surface area contributed by atoms with Crippen molar-refractivity contribution in [3.05, 3.63) is 96.2 Å². The zero-order valence-corrected chi connectivity index (χ0v) is 25.3. The van der Waals surface area contributed by atoms with Gasteiger partial charge in [-0.3, -0.25) is 9.36 Å². The van der Waals surface area contributed by atoms with Gasteiger partial charge >= 0.3 is 5.97 Å². The average Bonchev–Trinajstić information content (AvgIpc) is 3.22. The number of hydrogen-bond donors (Lipinski definition) is 0. The van der Waals surface area contributed by atoms with Gasteiger partial charge in [-0.1, -0.05) is 53.8 Å². The van der Waals surface area contributed by atoms with E-state index in [1.807, 2.05) is 45.0 Å². The summed E-state index contributed by atoms with van der Waals surface area (Å²) in [6, 6.07) is 10.1. The summed E-state index contributed by atoms with van der Waals surface area (Å²) in [5.41, 5.74) is 1.77. The third kappa shape index (κ3) is 6.41. The smallest absolute Gasteiger partial charge is 0.338 e. The van der Waals surface area contributed by atoms with Crippen molar-refractivity contribution >= 4 is 35.0 Å². The fourth-order valence-corrected chi connectivity index (χ4v) is 5.84. The van der Waals surface area contributed by atoms with E-state index in [1.54, 1.807) is 38.1 Å². The maximum absolute atomic E-state index is 14.0. The van der Waals surface area contributed by atoms with E-state index < -0.39 is 12.0 Å². The lowest BCUT2D eigenvalue weighted by Gasteiger charge is -2.26. The minimum atomic E-state index is -0.792. The first-order valence-electron chi connectivity index (χ1n) is 13.3. The van der Waals surface area contributed by atoms with Crippen LogP contribution in [0.1, 0.15) is 51.8 Å². The minimum Gasteiger partial charge on any atom is -0.491 e. The molecule has 1 aromatic heterocycles. The molecule has 0 fully saturated rings. The van der Waals surface area contributed by atoms with Crippen molar-refractivity contribution in [2.24, 2.45) is 4.99 Å². The molecule has 0 saturated carbocycles. The Hall–Kier alpha value is -3.82. The van der Waals surface area contributed by atoms with Crippen LogP contribution in [-0.4, -0.2) is 36.5 Å². The van der Waals surface area contributed by atoms with E-state index >= 15 is 0 Å². The molecule has 0 aliphatic carbocycles. The quantitative estimate of drug-likeness (QED) is 0.223. The standard InChI is InChI=1S/C31H33ClN2O6S/c1-7-14-39-28-22(32)15-20(16-24(28)37-8-2)17-25-29(35)34-27(21-12-10-11-13-23(21)40-18(4)5)26(30(36)38-9-3)19(6)33-31(34)41-25/h7,10-13,15-18,27H,1,8-9,14H2,2-6H3/b25-17+/t27-/m1/s1. The fourth-order valence-electron chi connectivity index (χ4n) is 4.52. The molecule has 0 amide bonds. The summed E-state index contributed by atoms with van der Waals surface area (Å²) >= 11 is 7.77. The minimum absolute atomic E-state index is 0.120. The molecule has 3 aromatic rings. The maximum atomic E-state index is 14.0. The van der Waals surface area contributed by atoms with E-state index in [1.165, 1.54) is 15.9 Å². The van der Waals surface area contributed by atoms with Crippen LogP contribution in [-0.2, 0) is 9.53 Å². The molecule has 216 valence electrons. The summed E-state index contributed by atoms with van der Waals surface area (Å²) in [4.78, 5) is 32.4. The number of carbonyl (C=O) groups is 1. The Morgan fingerprint density at radius 3 is 2.61 bits per heavy atom. The molecule has 1 aliphatic heterocycles. The molecule has 2 heterocycles. The predicted octanol–water partition coefficient (Wildman–Crippen LogP) is 5.20. The first kappa shape index (κ1) is 30.1. The molecule has 0 saturated heterocycles. The van der Waals surface area contributed by atoms with Crippen LogP contribution in [0, 0.1) is 0 Å². The Labute approximate surface area is 247 Å². The van der Waals surface area contributed by atoms with Crippen molar-refractivity contribution in [3.63, 3.8) is 0 Å². The molecule has 1 aliphatic rings. The summed E-state index contributed by atoms with van der Waals surface area (Å²) in [6.07, 6.45) is 3.23. The van der Waals surface area contributed by atoms with Crippen LogP contribution < -0.4 is 29.1 Å². The number of nitrogens with zero attached hydrogens (tertiary/aromatic N) is 2. The third-order valence-electron chi connectivity index (χ3n) is 6.07. The largest absolute Gasteiger partial charge is 0.491 e. The third-order valence-corrected chi connectivity index (χ3v) is 7.33. The first-order valence-corrected chi connectivity index (χ1v) is 14.5. The number of fused-ring (bicyclic) bond motifs is 1. The highest BCUT2D eigenvalue weighted by molar-refractivity contribution is 7.07. The van der Waals surface area contributed by atoms with E-state index in [9.17, 15) is 9.59 Å². The average molecular weight is 597 g/mol. The second-order valence-corrected chi connectivity index (χ2v) is 10.8. The van der Waals surface area contributed by atoms with Gasteiger partial charge in [0.05, 0.1) is 40.1 Å². The first-order chi connectivity index (χ1) is 19.7. The highest BCUT2D eigenvalue weighted by Gasteiger charge is 2.35. The lowest BCUT2D eigenvalue weighted by molar-refractivity contribution is -0.139. The van der Waals surface area contributed by atoms with Gasteiger partial charge < -0.3 is 18.9 Å². The summed E-state index contributed by atoms with van der Waals surface area (Å²) < 4.78 is 24.9. The number of rotatable bonds is 11. The number of carbonyl (C=O) groups excluding carboxylic acids is 1. The number of halogens is 1. The number of ether oxygens (including phenoxy) is 4. The van der Waals surface area contributed by atoms with Crippen LogP contribution in [0.4, 0.5) is 0 Å². The monoisotopic (exact) mass is 596 g/mol. The topological polar surface area (TPSA) is 88.4 Å². The predicted molar refractivity (Wildman–Crippen MR) is 161 cm³/mol. The molecule has 4 rings (SSSR count). The molecular formula is C31H33ClN2O6S. The van der Waals surface area contributed by atoms with Crippen LogP contribution >= 0.6 is 22.9 Å². The van der Waals surface area contributed by atoms with Gasteiger partial charge in [-0.2, -0.15) is 0 Å². The SMILES string of the molecule is C=CCOc1c(Cl)cc(/C=c2/sc3n(c2=O)[C@H](c2ccccc2OC(C)C)C(C(=O)OCC)=C(C)N=3)cc1OCC. The Morgan fingerprint density at radius 1 is 1.17 bits per heavy atom. The normalized spacial score (nSPS) is 14.9. The van der Waals surface area contributed by atoms with Gasteiger partial charge in [-0.25, -0.2) is 9.79 Å². The zero-order valence-electron chi connectivity index (χ0n) is 23.7.